The zero-order valence-electron chi connectivity index (χ0n) is 17.3. The van der Waals surface area contributed by atoms with Crippen molar-refractivity contribution in [2.45, 2.75) is 32.5 Å². The van der Waals surface area contributed by atoms with Crippen molar-refractivity contribution in [3.05, 3.63) is 64.9 Å². The fraction of sp³-hybridized carbons (Fsp3) is 0.391. The largest absolute Gasteiger partial charge is 0.371 e. The lowest BCUT2D eigenvalue weighted by molar-refractivity contribution is 0.244. The van der Waals surface area contributed by atoms with Crippen molar-refractivity contribution in [3.63, 3.8) is 0 Å². The Morgan fingerprint density at radius 3 is 2.41 bits per heavy atom. The Hall–Kier alpha value is -2.44. The monoisotopic (exact) mass is 407 g/mol. The van der Waals surface area contributed by atoms with E-state index >= 15 is 0 Å². The molecule has 1 aliphatic rings. The van der Waals surface area contributed by atoms with Crippen molar-refractivity contribution in [1.29, 1.82) is 0 Å². The molecule has 1 fully saturated rings. The molecular weight excluding hydrogens is 378 g/mol. The highest BCUT2D eigenvalue weighted by atomic mass is 32.1. The lowest BCUT2D eigenvalue weighted by Crippen LogP contribution is -2.31. The van der Waals surface area contributed by atoms with Crippen LogP contribution in [0, 0.1) is 4.77 Å². The highest BCUT2D eigenvalue weighted by Crippen LogP contribution is 2.25. The highest BCUT2D eigenvalue weighted by Gasteiger charge is 2.16. The molecule has 0 unspecified atom stereocenters. The van der Waals surface area contributed by atoms with Crippen molar-refractivity contribution in [3.8, 4) is 11.4 Å². The summed E-state index contributed by atoms with van der Waals surface area (Å²) in [6.45, 7) is 3.85. The quantitative estimate of drug-likeness (QED) is 0.554. The van der Waals surface area contributed by atoms with Crippen LogP contribution in [0.4, 0.5) is 5.69 Å². The molecule has 0 amide bonds. The van der Waals surface area contributed by atoms with E-state index in [9.17, 15) is 0 Å². The first-order valence-corrected chi connectivity index (χ1v) is 10.7. The van der Waals surface area contributed by atoms with Gasteiger partial charge < -0.3 is 9.47 Å². The SMILES string of the molecule is CN(Cc1ccccc1N1CCCCC1)Cn1nc(-c2ccccc2)n(C)c1=S. The van der Waals surface area contributed by atoms with Crippen LogP contribution in [-0.4, -0.2) is 39.4 Å². The Kier molecular flexibility index (Phi) is 6.11. The Bertz CT molecular complexity index is 1000. The third-order valence-electron chi connectivity index (χ3n) is 5.58. The number of aromatic nitrogens is 3. The normalized spacial score (nSPS) is 14.5. The third-order valence-corrected chi connectivity index (χ3v) is 6.06. The second-order valence-electron chi connectivity index (χ2n) is 7.86. The summed E-state index contributed by atoms with van der Waals surface area (Å²) in [6, 6.07) is 19.0. The average Bonchev–Trinajstić information content (AvgIpc) is 3.04. The molecule has 0 radical (unpaired) electrons. The zero-order chi connectivity index (χ0) is 20.2. The van der Waals surface area contributed by atoms with Crippen LogP contribution in [0.5, 0.6) is 0 Å². The molecular formula is C23H29N5S. The Morgan fingerprint density at radius 2 is 1.66 bits per heavy atom. The summed E-state index contributed by atoms with van der Waals surface area (Å²) in [5, 5.41) is 4.80. The molecule has 1 saturated heterocycles. The van der Waals surface area contributed by atoms with Crippen molar-refractivity contribution in [1.82, 2.24) is 19.2 Å². The minimum atomic E-state index is 0.661. The fourth-order valence-electron chi connectivity index (χ4n) is 4.08. The summed E-state index contributed by atoms with van der Waals surface area (Å²) in [5.74, 6) is 0.901. The third kappa shape index (κ3) is 4.43. The van der Waals surface area contributed by atoms with Gasteiger partial charge in [0.15, 0.2) is 10.6 Å². The number of piperidine rings is 1. The number of nitrogens with zero attached hydrogens (tertiary/aromatic N) is 5. The van der Waals surface area contributed by atoms with E-state index in [0.29, 0.717) is 6.67 Å². The van der Waals surface area contributed by atoms with Crippen molar-refractivity contribution in [2.24, 2.45) is 7.05 Å². The molecule has 1 aromatic heterocycles. The van der Waals surface area contributed by atoms with Gasteiger partial charge in [-0.3, -0.25) is 4.90 Å². The molecule has 1 aliphatic heterocycles. The van der Waals surface area contributed by atoms with E-state index in [4.69, 9.17) is 17.3 Å². The summed E-state index contributed by atoms with van der Waals surface area (Å²) in [7, 11) is 4.12. The van der Waals surface area contributed by atoms with Crippen LogP contribution in [-0.2, 0) is 20.3 Å². The molecule has 0 N–H and O–H groups in total. The molecule has 0 saturated carbocycles. The van der Waals surface area contributed by atoms with Gasteiger partial charge in [-0.1, -0.05) is 48.5 Å². The van der Waals surface area contributed by atoms with Crippen LogP contribution in [0.1, 0.15) is 24.8 Å². The van der Waals surface area contributed by atoms with Crippen LogP contribution in [0.3, 0.4) is 0 Å². The molecule has 0 spiro atoms. The summed E-state index contributed by atoms with van der Waals surface area (Å²) in [6.07, 6.45) is 3.92. The topological polar surface area (TPSA) is 29.2 Å². The Balaban J connectivity index is 1.51. The number of rotatable bonds is 6. The van der Waals surface area contributed by atoms with Crippen LogP contribution in [0.15, 0.2) is 54.6 Å². The number of para-hydroxylation sites is 1. The second kappa shape index (κ2) is 8.93. The van der Waals surface area contributed by atoms with E-state index in [1.54, 1.807) is 0 Å². The summed E-state index contributed by atoms with van der Waals surface area (Å²) in [4.78, 5) is 4.81. The molecule has 0 aliphatic carbocycles. The van der Waals surface area contributed by atoms with E-state index < -0.39 is 0 Å². The smallest absolute Gasteiger partial charge is 0.199 e. The van der Waals surface area contributed by atoms with Crippen LogP contribution < -0.4 is 4.90 Å². The highest BCUT2D eigenvalue weighted by molar-refractivity contribution is 7.71. The molecule has 0 bridgehead atoms. The van der Waals surface area contributed by atoms with E-state index in [2.05, 4.69) is 53.2 Å². The van der Waals surface area contributed by atoms with Gasteiger partial charge in [0.25, 0.3) is 0 Å². The van der Waals surface area contributed by atoms with Gasteiger partial charge in [0.1, 0.15) is 0 Å². The fourth-order valence-corrected chi connectivity index (χ4v) is 4.26. The minimum absolute atomic E-state index is 0.661. The van der Waals surface area contributed by atoms with Crippen molar-refractivity contribution < 1.29 is 0 Å². The molecule has 29 heavy (non-hydrogen) atoms. The Labute approximate surface area is 178 Å². The maximum atomic E-state index is 5.65. The van der Waals surface area contributed by atoms with Gasteiger partial charge in [0.2, 0.25) is 0 Å². The first-order chi connectivity index (χ1) is 14.1. The van der Waals surface area contributed by atoms with Crippen molar-refractivity contribution >= 4 is 17.9 Å². The second-order valence-corrected chi connectivity index (χ2v) is 8.23. The van der Waals surface area contributed by atoms with E-state index in [0.717, 1.165) is 35.8 Å². The predicted octanol–water partition coefficient (Wildman–Crippen LogP) is 4.70. The molecule has 5 nitrogen and oxygen atoms in total. The number of benzene rings is 2. The van der Waals surface area contributed by atoms with Gasteiger partial charge in [-0.05, 0) is 50.2 Å². The van der Waals surface area contributed by atoms with Gasteiger partial charge in [0, 0.05) is 37.9 Å². The summed E-state index contributed by atoms with van der Waals surface area (Å²) >= 11 is 5.65. The van der Waals surface area contributed by atoms with Gasteiger partial charge in [0.05, 0.1) is 6.67 Å². The molecule has 152 valence electrons. The molecule has 4 rings (SSSR count). The zero-order valence-corrected chi connectivity index (χ0v) is 18.1. The number of hydrogen-bond acceptors (Lipinski definition) is 4. The first kappa shape index (κ1) is 19.9. The first-order valence-electron chi connectivity index (χ1n) is 10.3. The maximum absolute atomic E-state index is 5.65. The van der Waals surface area contributed by atoms with Crippen molar-refractivity contribution in [2.75, 3.05) is 25.0 Å². The average molecular weight is 408 g/mol. The molecule has 2 heterocycles. The molecule has 6 heteroatoms. The maximum Gasteiger partial charge on any atom is 0.199 e. The summed E-state index contributed by atoms with van der Waals surface area (Å²) in [5.41, 5.74) is 3.81. The molecule has 0 atom stereocenters. The van der Waals surface area contributed by atoms with E-state index in [1.165, 1.54) is 30.5 Å². The van der Waals surface area contributed by atoms with Gasteiger partial charge in [-0.15, -0.1) is 0 Å². The Morgan fingerprint density at radius 1 is 0.966 bits per heavy atom. The lowest BCUT2D eigenvalue weighted by atomic mass is 10.1. The predicted molar refractivity (Wildman–Crippen MR) is 121 cm³/mol. The molecule has 2 aromatic carbocycles. The van der Waals surface area contributed by atoms with E-state index in [-0.39, 0.29) is 0 Å². The minimum Gasteiger partial charge on any atom is -0.371 e. The number of hydrogen-bond donors (Lipinski definition) is 0. The van der Waals surface area contributed by atoms with Crippen LogP contribution >= 0.6 is 12.2 Å². The van der Waals surface area contributed by atoms with Gasteiger partial charge in [-0.2, -0.15) is 5.10 Å². The van der Waals surface area contributed by atoms with Gasteiger partial charge >= 0.3 is 0 Å². The lowest BCUT2D eigenvalue weighted by Gasteiger charge is -2.31. The van der Waals surface area contributed by atoms with Gasteiger partial charge in [-0.25, -0.2) is 4.68 Å². The number of anilines is 1. The summed E-state index contributed by atoms with van der Waals surface area (Å²) < 4.78 is 4.64. The van der Waals surface area contributed by atoms with Crippen LogP contribution in [0.2, 0.25) is 0 Å². The van der Waals surface area contributed by atoms with E-state index in [1.807, 2.05) is 34.5 Å². The standard InChI is InChI=1S/C23H29N5S/c1-25(17-20-13-7-8-14-21(20)27-15-9-4-10-16-27)18-28-23(29)26(2)22(24-28)19-11-5-3-6-12-19/h3,5-8,11-14H,4,9-10,15-18H2,1-2H3. The van der Waals surface area contributed by atoms with Crippen LogP contribution in [0.25, 0.3) is 11.4 Å². The molecule has 3 aromatic rings.